The Kier molecular flexibility index (Phi) is 6.92. The minimum Gasteiger partial charge on any atom is -0.404 e. The Morgan fingerprint density at radius 1 is 1.16 bits per heavy atom. The molecule has 2 aliphatic rings. The van der Waals surface area contributed by atoms with Crippen molar-refractivity contribution in [3.63, 3.8) is 0 Å². The zero-order valence-electron chi connectivity index (χ0n) is 19.5. The van der Waals surface area contributed by atoms with E-state index in [1.807, 2.05) is 11.0 Å². The van der Waals surface area contributed by atoms with Gasteiger partial charge >= 0.3 is 6.36 Å². The molecule has 5 rings (SSSR count). The summed E-state index contributed by atoms with van der Waals surface area (Å²) in [6.07, 6.45) is -0.649. The number of rotatable bonds is 8. The zero-order chi connectivity index (χ0) is 26.0. The number of ketones is 1. The van der Waals surface area contributed by atoms with Gasteiger partial charge in [0.05, 0.1) is 25.3 Å². The highest BCUT2D eigenvalue weighted by atomic mass is 32.1. The molecule has 1 aromatic carbocycles. The Morgan fingerprint density at radius 2 is 1.95 bits per heavy atom. The van der Waals surface area contributed by atoms with Crippen molar-refractivity contribution in [3.8, 4) is 16.3 Å². The van der Waals surface area contributed by atoms with Crippen LogP contribution in [0.5, 0.6) is 5.75 Å². The average molecular weight is 534 g/mol. The van der Waals surface area contributed by atoms with E-state index < -0.39 is 29.3 Å². The Balaban J connectivity index is 1.35. The van der Waals surface area contributed by atoms with Gasteiger partial charge < -0.3 is 14.8 Å². The minimum absolute atomic E-state index is 0.109. The van der Waals surface area contributed by atoms with Gasteiger partial charge in [0.25, 0.3) is 0 Å². The van der Waals surface area contributed by atoms with E-state index in [0.29, 0.717) is 49.2 Å². The summed E-state index contributed by atoms with van der Waals surface area (Å²) in [6.45, 7) is 2.08. The summed E-state index contributed by atoms with van der Waals surface area (Å²) in [5.74, 6) is -1.42. The van der Waals surface area contributed by atoms with E-state index in [1.165, 1.54) is 23.5 Å². The molecule has 0 bridgehead atoms. The number of nitrogens with zero attached hydrogens (tertiary/aromatic N) is 4. The molecule has 9 nitrogen and oxygen atoms in total. The lowest BCUT2D eigenvalue weighted by Gasteiger charge is -2.34. The van der Waals surface area contributed by atoms with Crippen LogP contribution in [0.15, 0.2) is 42.7 Å². The summed E-state index contributed by atoms with van der Waals surface area (Å²) in [7, 11) is 0. The highest BCUT2D eigenvalue weighted by molar-refractivity contribution is 7.14. The van der Waals surface area contributed by atoms with Crippen LogP contribution in [0.25, 0.3) is 10.6 Å². The Hall–Kier alpha value is -3.42. The van der Waals surface area contributed by atoms with Gasteiger partial charge in [0.2, 0.25) is 5.91 Å². The largest absolute Gasteiger partial charge is 0.573 e. The van der Waals surface area contributed by atoms with Crippen molar-refractivity contribution >= 4 is 28.7 Å². The molecule has 37 heavy (non-hydrogen) atoms. The van der Waals surface area contributed by atoms with Crippen LogP contribution >= 0.6 is 11.3 Å². The fourth-order valence-corrected chi connectivity index (χ4v) is 5.05. The lowest BCUT2D eigenvalue weighted by atomic mass is 10.1. The first-order valence-electron chi connectivity index (χ1n) is 11.5. The van der Waals surface area contributed by atoms with Crippen LogP contribution < -0.4 is 10.1 Å². The number of benzene rings is 1. The van der Waals surface area contributed by atoms with E-state index in [9.17, 15) is 22.8 Å². The SMILES string of the molecule is O=C(Cc1nnc(-c2cccnc2)s1)c1ccc(OC(F)(F)F)c(NC(=O)C2(N3CCOCC3)CC2)c1. The molecule has 1 saturated heterocycles. The molecule has 1 aliphatic heterocycles. The third-order valence-electron chi connectivity index (χ3n) is 6.23. The van der Waals surface area contributed by atoms with Crippen LogP contribution in [0.4, 0.5) is 18.9 Å². The maximum Gasteiger partial charge on any atom is 0.573 e. The summed E-state index contributed by atoms with van der Waals surface area (Å²) < 4.78 is 48.6. The number of morpholine rings is 1. The monoisotopic (exact) mass is 533 g/mol. The van der Waals surface area contributed by atoms with Gasteiger partial charge in [-0.2, -0.15) is 0 Å². The summed E-state index contributed by atoms with van der Waals surface area (Å²) in [5, 5.41) is 11.8. The van der Waals surface area contributed by atoms with Gasteiger partial charge in [-0.15, -0.1) is 23.4 Å². The van der Waals surface area contributed by atoms with E-state index >= 15 is 0 Å². The van der Waals surface area contributed by atoms with Gasteiger partial charge in [-0.1, -0.05) is 11.3 Å². The molecule has 1 N–H and O–H groups in total. The van der Waals surface area contributed by atoms with Crippen LogP contribution in [0.3, 0.4) is 0 Å². The fraction of sp³-hybridized carbons (Fsp3) is 0.375. The third kappa shape index (κ3) is 5.78. The van der Waals surface area contributed by atoms with Crippen LogP contribution in [0, 0.1) is 0 Å². The summed E-state index contributed by atoms with van der Waals surface area (Å²) in [5.41, 5.74) is -0.152. The number of anilines is 1. The predicted molar refractivity (Wildman–Crippen MR) is 127 cm³/mol. The maximum atomic E-state index is 13.2. The highest BCUT2D eigenvalue weighted by Crippen LogP contribution is 2.44. The molecule has 0 radical (unpaired) electrons. The summed E-state index contributed by atoms with van der Waals surface area (Å²) in [6, 6.07) is 7.05. The highest BCUT2D eigenvalue weighted by Gasteiger charge is 2.54. The molecule has 3 aromatic rings. The number of carbonyl (C=O) groups excluding carboxylic acids is 2. The number of aromatic nitrogens is 3. The molecule has 1 saturated carbocycles. The van der Waals surface area contributed by atoms with Gasteiger partial charge in [0.1, 0.15) is 15.6 Å². The zero-order valence-corrected chi connectivity index (χ0v) is 20.3. The standard InChI is InChI=1S/C24H22F3N5O4S/c25-24(26,27)36-19-4-3-15(18(33)13-20-30-31-21(37-20)16-2-1-7-28-14-16)12-17(19)29-22(34)23(5-6-23)32-8-10-35-11-9-32/h1-4,7,12,14H,5-6,8-11,13H2,(H,29,34). The topological polar surface area (TPSA) is 107 Å². The second-order valence-electron chi connectivity index (χ2n) is 8.69. The number of alkyl halides is 3. The molecule has 3 heterocycles. The predicted octanol–water partition coefficient (Wildman–Crippen LogP) is 3.73. The second kappa shape index (κ2) is 10.1. The van der Waals surface area contributed by atoms with Crippen molar-refractivity contribution < 1.29 is 32.2 Å². The smallest absolute Gasteiger partial charge is 0.404 e. The molecule has 2 fully saturated rings. The van der Waals surface area contributed by atoms with Crippen molar-refractivity contribution in [2.45, 2.75) is 31.2 Å². The number of hydrogen-bond acceptors (Lipinski definition) is 9. The van der Waals surface area contributed by atoms with Gasteiger partial charge in [-0.05, 0) is 43.2 Å². The number of halogens is 3. The van der Waals surface area contributed by atoms with Crippen LogP contribution in [0.2, 0.25) is 0 Å². The molecule has 0 atom stereocenters. The molecule has 0 spiro atoms. The van der Waals surface area contributed by atoms with Crippen LogP contribution in [-0.4, -0.2) is 70.0 Å². The van der Waals surface area contributed by atoms with Crippen LogP contribution in [0.1, 0.15) is 28.2 Å². The van der Waals surface area contributed by atoms with Crippen LogP contribution in [-0.2, 0) is 16.0 Å². The Labute approximate surface area is 213 Å². The second-order valence-corrected chi connectivity index (χ2v) is 9.75. The Bertz CT molecular complexity index is 1290. The van der Waals surface area contributed by atoms with Crippen molar-refractivity contribution in [3.05, 3.63) is 53.3 Å². The normalized spacial score (nSPS) is 17.3. The van der Waals surface area contributed by atoms with Gasteiger partial charge in [-0.3, -0.25) is 19.5 Å². The molecule has 13 heteroatoms. The lowest BCUT2D eigenvalue weighted by molar-refractivity contribution is -0.274. The molecule has 2 aromatic heterocycles. The molecular weight excluding hydrogens is 511 g/mol. The van der Waals surface area contributed by atoms with E-state index in [0.717, 1.165) is 11.6 Å². The molecule has 1 aliphatic carbocycles. The number of Topliss-reactive ketones (excluding diaryl/α,β-unsaturated/α-hetero) is 1. The molecule has 0 unspecified atom stereocenters. The summed E-state index contributed by atoms with van der Waals surface area (Å²) in [4.78, 5) is 32.2. The van der Waals surface area contributed by atoms with Crippen molar-refractivity contribution in [2.24, 2.45) is 0 Å². The maximum absolute atomic E-state index is 13.2. The molecule has 194 valence electrons. The number of pyridine rings is 1. The number of amides is 1. The first kappa shape index (κ1) is 25.2. The quantitative estimate of drug-likeness (QED) is 0.437. The molecular formula is C24H22F3N5O4S. The number of nitrogens with one attached hydrogen (secondary N) is 1. The first-order chi connectivity index (χ1) is 17.7. The van der Waals surface area contributed by atoms with Gasteiger partial charge in [0, 0.05) is 36.6 Å². The number of carbonyl (C=O) groups is 2. The van der Waals surface area contributed by atoms with E-state index in [4.69, 9.17) is 4.74 Å². The Morgan fingerprint density at radius 3 is 2.62 bits per heavy atom. The lowest BCUT2D eigenvalue weighted by Crippen LogP contribution is -2.51. The number of hydrogen-bond donors (Lipinski definition) is 1. The number of ether oxygens (including phenoxy) is 2. The van der Waals surface area contributed by atoms with Crippen molar-refractivity contribution in [2.75, 3.05) is 31.6 Å². The van der Waals surface area contributed by atoms with Crippen molar-refractivity contribution in [1.29, 1.82) is 0 Å². The fourth-order valence-electron chi connectivity index (χ4n) is 4.22. The van der Waals surface area contributed by atoms with Gasteiger partial charge in [-0.25, -0.2) is 0 Å². The first-order valence-corrected chi connectivity index (χ1v) is 12.4. The minimum atomic E-state index is -4.97. The van der Waals surface area contributed by atoms with Gasteiger partial charge in [0.15, 0.2) is 11.5 Å². The third-order valence-corrected chi connectivity index (χ3v) is 7.20. The molecule has 1 amide bonds. The van der Waals surface area contributed by atoms with E-state index in [1.54, 1.807) is 18.5 Å². The van der Waals surface area contributed by atoms with E-state index in [2.05, 4.69) is 25.2 Å². The van der Waals surface area contributed by atoms with E-state index in [-0.39, 0.29) is 17.7 Å². The van der Waals surface area contributed by atoms with Crippen molar-refractivity contribution in [1.82, 2.24) is 20.1 Å². The summed E-state index contributed by atoms with van der Waals surface area (Å²) >= 11 is 1.22. The average Bonchev–Trinajstić information content (AvgIpc) is 3.58.